The fraction of sp³-hybridized carbons (Fsp3) is 0.0571. The van der Waals surface area contributed by atoms with E-state index >= 15 is 0 Å². The topological polar surface area (TPSA) is 69.7 Å². The van der Waals surface area contributed by atoms with Crippen molar-refractivity contribution in [3.8, 4) is 33.8 Å². The van der Waals surface area contributed by atoms with Gasteiger partial charge in [-0.3, -0.25) is 14.4 Å². The van der Waals surface area contributed by atoms with Crippen molar-refractivity contribution in [1.82, 2.24) is 0 Å². The van der Waals surface area contributed by atoms with Gasteiger partial charge in [-0.15, -0.1) is 11.3 Å². The summed E-state index contributed by atoms with van der Waals surface area (Å²) >= 11 is 1.55. The molecular weight excluding hydrogens is 532 g/mol. The third-order valence-electron chi connectivity index (χ3n) is 6.17. The van der Waals surface area contributed by atoms with Crippen LogP contribution >= 0.6 is 11.3 Å². The number of carbonyl (C=O) groups excluding carboxylic acids is 2. The monoisotopic (exact) mass is 556 g/mol. The van der Waals surface area contributed by atoms with Crippen molar-refractivity contribution in [1.29, 1.82) is 0 Å². The Morgan fingerprint density at radius 3 is 2.00 bits per heavy atom. The number of ether oxygens (including phenoxy) is 2. The number of benzene rings is 4. The summed E-state index contributed by atoms with van der Waals surface area (Å²) in [5.41, 5.74) is 3.08. The van der Waals surface area contributed by atoms with Crippen molar-refractivity contribution >= 4 is 40.1 Å². The van der Waals surface area contributed by atoms with Gasteiger partial charge in [0, 0.05) is 37.2 Å². The summed E-state index contributed by atoms with van der Waals surface area (Å²) in [7, 11) is 0. The predicted octanol–water partition coefficient (Wildman–Crippen LogP) is 7.10. The van der Waals surface area contributed by atoms with Gasteiger partial charge in [0.25, 0.3) is 0 Å². The van der Waals surface area contributed by atoms with Crippen LogP contribution in [0.25, 0.3) is 26.6 Å². The molecule has 41 heavy (non-hydrogen) atoms. The Balaban J connectivity index is 1.51. The molecule has 0 radical (unpaired) electrons. The summed E-state index contributed by atoms with van der Waals surface area (Å²) in [6.45, 7) is 0.203. The van der Waals surface area contributed by atoms with Gasteiger partial charge in [-0.25, -0.2) is 0 Å². The van der Waals surface area contributed by atoms with Gasteiger partial charge in [-0.05, 0) is 72.3 Å². The van der Waals surface area contributed by atoms with Crippen molar-refractivity contribution in [2.45, 2.75) is 0 Å². The maximum Gasteiger partial charge on any atom is 0.195 e. The lowest BCUT2D eigenvalue weighted by Crippen LogP contribution is -2.08. The molecule has 0 saturated heterocycles. The smallest absolute Gasteiger partial charge is 0.195 e. The first-order valence-corrected chi connectivity index (χ1v) is 13.6. The SMILES string of the molecule is O=Cc1ccc(OCC#C/C(=C\c2c(-c3ccccc3)sc3ccccc3c2=O)COc2ccc(C=O)cc2)cc1. The molecule has 0 unspecified atom stereocenters. The Bertz CT molecular complexity index is 1820. The molecule has 5 rings (SSSR count). The molecule has 0 atom stereocenters. The van der Waals surface area contributed by atoms with E-state index in [0.717, 1.165) is 27.7 Å². The van der Waals surface area contributed by atoms with Crippen LogP contribution in [0.1, 0.15) is 26.3 Å². The summed E-state index contributed by atoms with van der Waals surface area (Å²) in [4.78, 5) is 36.5. The van der Waals surface area contributed by atoms with Crippen molar-refractivity contribution in [3.05, 3.63) is 136 Å². The molecular formula is C35H24O5S. The third kappa shape index (κ3) is 6.85. The average molecular weight is 557 g/mol. The van der Waals surface area contributed by atoms with Crippen LogP contribution in [-0.4, -0.2) is 25.8 Å². The van der Waals surface area contributed by atoms with Gasteiger partial charge in [0.2, 0.25) is 0 Å². The summed E-state index contributed by atoms with van der Waals surface area (Å²) in [5.74, 6) is 7.30. The van der Waals surface area contributed by atoms with Crippen molar-refractivity contribution < 1.29 is 19.1 Å². The second-order valence-corrected chi connectivity index (χ2v) is 10.0. The standard InChI is InChI=1S/C35H24O5S/c36-22-25-12-16-29(17-13-25)39-20-6-7-27(24-40-30-18-14-26(23-37)15-19-30)21-32-34(38)31-10-4-5-11-33(31)41-35(32)28-8-2-1-3-9-28/h1-5,8-19,21-23H,20,24H2/b27-21+. The van der Waals surface area contributed by atoms with Gasteiger partial charge in [0.15, 0.2) is 5.43 Å². The molecule has 0 fully saturated rings. The van der Waals surface area contributed by atoms with E-state index in [1.54, 1.807) is 65.9 Å². The van der Waals surface area contributed by atoms with Gasteiger partial charge < -0.3 is 9.47 Å². The zero-order valence-corrected chi connectivity index (χ0v) is 22.7. The minimum atomic E-state index is -0.0839. The number of hydrogen-bond donors (Lipinski definition) is 0. The number of fused-ring (bicyclic) bond motifs is 1. The summed E-state index contributed by atoms with van der Waals surface area (Å²) in [6, 6.07) is 30.9. The fourth-order valence-corrected chi connectivity index (χ4v) is 5.25. The molecule has 0 aliphatic rings. The largest absolute Gasteiger partial charge is 0.488 e. The first kappa shape index (κ1) is 27.3. The highest BCUT2D eigenvalue weighted by molar-refractivity contribution is 7.21. The second-order valence-electron chi connectivity index (χ2n) is 8.96. The number of hydrogen-bond acceptors (Lipinski definition) is 6. The molecule has 5 nitrogen and oxygen atoms in total. The molecule has 0 aliphatic heterocycles. The molecule has 1 heterocycles. The van der Waals surface area contributed by atoms with E-state index in [-0.39, 0.29) is 18.6 Å². The first-order valence-electron chi connectivity index (χ1n) is 12.8. The quantitative estimate of drug-likeness (QED) is 0.143. The van der Waals surface area contributed by atoms with Crippen LogP contribution in [0.2, 0.25) is 0 Å². The Kier molecular flexibility index (Phi) is 8.80. The van der Waals surface area contributed by atoms with Crippen molar-refractivity contribution in [2.24, 2.45) is 0 Å². The number of aldehydes is 2. The van der Waals surface area contributed by atoms with E-state index in [1.165, 1.54) is 0 Å². The zero-order chi connectivity index (χ0) is 28.4. The minimum absolute atomic E-state index is 0.0839. The highest BCUT2D eigenvalue weighted by atomic mass is 32.1. The van der Waals surface area contributed by atoms with Crippen LogP contribution in [-0.2, 0) is 0 Å². The highest BCUT2D eigenvalue weighted by Crippen LogP contribution is 2.32. The molecule has 0 saturated carbocycles. The van der Waals surface area contributed by atoms with E-state index in [9.17, 15) is 14.4 Å². The molecule has 0 amide bonds. The maximum absolute atomic E-state index is 13.8. The van der Waals surface area contributed by atoms with Crippen LogP contribution in [0.4, 0.5) is 0 Å². The van der Waals surface area contributed by atoms with E-state index in [2.05, 4.69) is 11.8 Å². The lowest BCUT2D eigenvalue weighted by molar-refractivity contribution is 0.111. The Hall–Kier alpha value is -5.25. The number of carbonyl (C=O) groups is 2. The van der Waals surface area contributed by atoms with Crippen LogP contribution in [0, 0.1) is 11.8 Å². The van der Waals surface area contributed by atoms with E-state index in [1.807, 2.05) is 54.6 Å². The summed E-state index contributed by atoms with van der Waals surface area (Å²) < 4.78 is 12.6. The molecule has 4 aromatic carbocycles. The normalized spacial score (nSPS) is 10.9. The fourth-order valence-electron chi connectivity index (χ4n) is 4.09. The van der Waals surface area contributed by atoms with E-state index in [4.69, 9.17) is 9.47 Å². The van der Waals surface area contributed by atoms with Gasteiger partial charge in [-0.2, -0.15) is 0 Å². The zero-order valence-electron chi connectivity index (χ0n) is 21.9. The predicted molar refractivity (Wildman–Crippen MR) is 164 cm³/mol. The van der Waals surface area contributed by atoms with Gasteiger partial charge in [-0.1, -0.05) is 54.3 Å². The van der Waals surface area contributed by atoms with Crippen LogP contribution in [0.15, 0.2) is 113 Å². The molecule has 0 bridgehead atoms. The van der Waals surface area contributed by atoms with Gasteiger partial charge in [0.1, 0.15) is 37.3 Å². The molecule has 5 aromatic rings. The third-order valence-corrected chi connectivity index (χ3v) is 7.41. The summed E-state index contributed by atoms with van der Waals surface area (Å²) in [5, 5.41) is 0.642. The number of rotatable bonds is 9. The second kappa shape index (κ2) is 13.2. The first-order chi connectivity index (χ1) is 20.1. The molecule has 0 N–H and O–H groups in total. The van der Waals surface area contributed by atoms with Gasteiger partial charge in [0.05, 0.1) is 0 Å². The average Bonchev–Trinajstić information content (AvgIpc) is 3.03. The molecule has 0 spiro atoms. The highest BCUT2D eigenvalue weighted by Gasteiger charge is 2.13. The summed E-state index contributed by atoms with van der Waals surface area (Å²) in [6.07, 6.45) is 3.34. The van der Waals surface area contributed by atoms with Crippen LogP contribution in [0.3, 0.4) is 0 Å². The van der Waals surface area contributed by atoms with Crippen molar-refractivity contribution in [3.63, 3.8) is 0 Å². The van der Waals surface area contributed by atoms with Gasteiger partial charge >= 0.3 is 0 Å². The van der Waals surface area contributed by atoms with E-state index in [0.29, 0.717) is 39.1 Å². The maximum atomic E-state index is 13.8. The Morgan fingerprint density at radius 2 is 1.34 bits per heavy atom. The lowest BCUT2D eigenvalue weighted by Gasteiger charge is -2.10. The molecule has 1 aromatic heterocycles. The van der Waals surface area contributed by atoms with Crippen molar-refractivity contribution in [2.75, 3.05) is 13.2 Å². The molecule has 6 heteroatoms. The Morgan fingerprint density at radius 1 is 0.732 bits per heavy atom. The van der Waals surface area contributed by atoms with Crippen LogP contribution in [0.5, 0.6) is 11.5 Å². The minimum Gasteiger partial charge on any atom is -0.488 e. The lowest BCUT2D eigenvalue weighted by atomic mass is 10.0. The van der Waals surface area contributed by atoms with E-state index < -0.39 is 0 Å². The molecule has 0 aliphatic carbocycles. The molecule has 200 valence electrons. The van der Waals surface area contributed by atoms with Crippen LogP contribution < -0.4 is 14.9 Å². The Labute approximate surface area is 241 Å².